The van der Waals surface area contributed by atoms with Gasteiger partial charge in [-0.15, -0.1) is 0 Å². The van der Waals surface area contributed by atoms with E-state index in [1.165, 1.54) is 6.92 Å². The van der Waals surface area contributed by atoms with E-state index in [0.29, 0.717) is 6.42 Å². The molecule has 0 heterocycles. The Morgan fingerprint density at radius 1 is 1.17 bits per heavy atom. The van der Waals surface area contributed by atoms with Gasteiger partial charge in [0.15, 0.2) is 0 Å². The van der Waals surface area contributed by atoms with Crippen LogP contribution in [-0.2, 0) is 14.4 Å². The first-order valence-electron chi connectivity index (χ1n) is 5.92. The number of carbonyl (C=O) groups excluding carboxylic acids is 3. The number of rotatable bonds is 7. The Kier molecular flexibility index (Phi) is 6.96. The van der Waals surface area contributed by atoms with Crippen molar-refractivity contribution in [3.05, 3.63) is 0 Å². The van der Waals surface area contributed by atoms with Crippen LogP contribution in [0.15, 0.2) is 0 Å². The number of primary amides is 1. The summed E-state index contributed by atoms with van der Waals surface area (Å²) in [6.07, 6.45) is 0.706. The largest absolute Gasteiger partial charge is 0.368 e. The number of nitrogens with two attached hydrogens (primary N) is 2. The fourth-order valence-corrected chi connectivity index (χ4v) is 1.37. The Bertz CT molecular complexity index is 319. The molecule has 6 N–H and O–H groups in total. The van der Waals surface area contributed by atoms with Gasteiger partial charge in [-0.1, -0.05) is 20.3 Å². The van der Waals surface area contributed by atoms with Crippen LogP contribution in [0, 0.1) is 5.92 Å². The number of nitrogens with one attached hydrogen (secondary N) is 2. The zero-order chi connectivity index (χ0) is 14.3. The Morgan fingerprint density at radius 3 is 2.11 bits per heavy atom. The summed E-state index contributed by atoms with van der Waals surface area (Å²) in [5.41, 5.74) is 10.3. The first kappa shape index (κ1) is 16.4. The Hall–Kier alpha value is -1.63. The Balaban J connectivity index is 4.50. The molecule has 0 rings (SSSR count). The van der Waals surface area contributed by atoms with Gasteiger partial charge in [0.1, 0.15) is 12.1 Å². The summed E-state index contributed by atoms with van der Waals surface area (Å²) in [7, 11) is 0. The predicted molar refractivity (Wildman–Crippen MR) is 67.2 cm³/mol. The second kappa shape index (κ2) is 7.65. The van der Waals surface area contributed by atoms with Crippen LogP contribution in [-0.4, -0.2) is 36.3 Å². The third kappa shape index (κ3) is 5.13. The highest BCUT2D eigenvalue weighted by atomic mass is 16.2. The zero-order valence-electron chi connectivity index (χ0n) is 11.0. The molecule has 0 fully saturated rings. The molecule has 0 aromatic carbocycles. The van der Waals surface area contributed by atoms with E-state index in [2.05, 4.69) is 10.6 Å². The van der Waals surface area contributed by atoms with Crippen molar-refractivity contribution in [2.75, 3.05) is 6.54 Å². The normalized spacial score (nSPS) is 15.3. The van der Waals surface area contributed by atoms with Crippen LogP contribution >= 0.6 is 0 Å². The van der Waals surface area contributed by atoms with Crippen molar-refractivity contribution in [3.8, 4) is 0 Å². The lowest BCUT2D eigenvalue weighted by atomic mass is 9.98. The third-order valence-electron chi connectivity index (χ3n) is 2.77. The molecule has 0 aliphatic heterocycles. The van der Waals surface area contributed by atoms with E-state index < -0.39 is 29.8 Å². The molecule has 104 valence electrons. The monoisotopic (exact) mass is 258 g/mol. The Morgan fingerprint density at radius 2 is 1.72 bits per heavy atom. The lowest BCUT2D eigenvalue weighted by molar-refractivity contribution is -0.131. The smallest absolute Gasteiger partial charge is 0.242 e. The lowest BCUT2D eigenvalue weighted by Gasteiger charge is -2.23. The molecule has 7 nitrogen and oxygen atoms in total. The van der Waals surface area contributed by atoms with Crippen LogP contribution in [0.3, 0.4) is 0 Å². The minimum absolute atomic E-state index is 0.0659. The molecule has 0 spiro atoms. The summed E-state index contributed by atoms with van der Waals surface area (Å²) in [6, 6.07) is -1.49. The van der Waals surface area contributed by atoms with E-state index in [4.69, 9.17) is 11.5 Å². The summed E-state index contributed by atoms with van der Waals surface area (Å²) >= 11 is 0. The van der Waals surface area contributed by atoms with Gasteiger partial charge in [-0.3, -0.25) is 14.4 Å². The van der Waals surface area contributed by atoms with E-state index in [-0.39, 0.29) is 12.5 Å². The molecule has 0 aliphatic carbocycles. The minimum Gasteiger partial charge on any atom is -0.368 e. The standard InChI is InChI=1S/C11H22N4O3/c1-4-6(2)9(10(13)17)15-11(18)7(3)14-8(16)5-12/h6-7,9H,4-5,12H2,1-3H3,(H2,13,17)(H,14,16)(H,15,18)/t6-,7+,9+/m0/s1. The molecule has 18 heavy (non-hydrogen) atoms. The van der Waals surface area contributed by atoms with Gasteiger partial charge in [-0.05, 0) is 12.8 Å². The van der Waals surface area contributed by atoms with E-state index >= 15 is 0 Å². The molecule has 7 heteroatoms. The van der Waals surface area contributed by atoms with Gasteiger partial charge < -0.3 is 22.1 Å². The summed E-state index contributed by atoms with van der Waals surface area (Å²) < 4.78 is 0. The number of hydrogen-bond donors (Lipinski definition) is 4. The molecule has 3 atom stereocenters. The van der Waals surface area contributed by atoms with E-state index in [1.54, 1.807) is 0 Å². The van der Waals surface area contributed by atoms with Crippen LogP contribution in [0.5, 0.6) is 0 Å². The second-order valence-corrected chi connectivity index (χ2v) is 4.27. The molecule has 0 radical (unpaired) electrons. The van der Waals surface area contributed by atoms with Crippen molar-refractivity contribution in [2.24, 2.45) is 17.4 Å². The number of amides is 3. The molecular weight excluding hydrogens is 236 g/mol. The molecule has 0 aliphatic rings. The van der Waals surface area contributed by atoms with Crippen LogP contribution in [0.1, 0.15) is 27.2 Å². The highest BCUT2D eigenvalue weighted by Crippen LogP contribution is 2.07. The molecule has 0 aromatic rings. The van der Waals surface area contributed by atoms with Crippen LogP contribution in [0.2, 0.25) is 0 Å². The maximum atomic E-state index is 11.8. The fraction of sp³-hybridized carbons (Fsp3) is 0.727. The van der Waals surface area contributed by atoms with Gasteiger partial charge in [0.2, 0.25) is 17.7 Å². The fourth-order valence-electron chi connectivity index (χ4n) is 1.37. The summed E-state index contributed by atoms with van der Waals surface area (Å²) in [4.78, 5) is 34.0. The highest BCUT2D eigenvalue weighted by Gasteiger charge is 2.26. The third-order valence-corrected chi connectivity index (χ3v) is 2.77. The van der Waals surface area contributed by atoms with Crippen molar-refractivity contribution in [2.45, 2.75) is 39.3 Å². The SMILES string of the molecule is CC[C@H](C)[C@@H](NC(=O)[C@@H](C)NC(=O)CN)C(N)=O. The van der Waals surface area contributed by atoms with Crippen molar-refractivity contribution < 1.29 is 14.4 Å². The second-order valence-electron chi connectivity index (χ2n) is 4.27. The van der Waals surface area contributed by atoms with Crippen LogP contribution < -0.4 is 22.1 Å². The van der Waals surface area contributed by atoms with E-state index in [9.17, 15) is 14.4 Å². The van der Waals surface area contributed by atoms with Gasteiger partial charge >= 0.3 is 0 Å². The Labute approximate surface area is 107 Å². The van der Waals surface area contributed by atoms with E-state index in [1.807, 2.05) is 13.8 Å². The van der Waals surface area contributed by atoms with Crippen molar-refractivity contribution in [1.82, 2.24) is 10.6 Å². The first-order valence-corrected chi connectivity index (χ1v) is 5.92. The van der Waals surface area contributed by atoms with Crippen LogP contribution in [0.25, 0.3) is 0 Å². The first-order chi connectivity index (χ1) is 8.33. The van der Waals surface area contributed by atoms with E-state index in [0.717, 1.165) is 0 Å². The van der Waals surface area contributed by atoms with Gasteiger partial charge in [-0.2, -0.15) is 0 Å². The van der Waals surface area contributed by atoms with Gasteiger partial charge in [0.05, 0.1) is 6.54 Å². The molecule has 0 aromatic heterocycles. The maximum Gasteiger partial charge on any atom is 0.242 e. The molecule has 0 unspecified atom stereocenters. The summed E-state index contributed by atoms with van der Waals surface area (Å²) in [5.74, 6) is -1.54. The molecule has 0 bridgehead atoms. The molecule has 3 amide bonds. The average Bonchev–Trinajstić information content (AvgIpc) is 2.33. The highest BCUT2D eigenvalue weighted by molar-refractivity contribution is 5.91. The van der Waals surface area contributed by atoms with Gasteiger partial charge in [-0.25, -0.2) is 0 Å². The lowest BCUT2D eigenvalue weighted by Crippen LogP contribution is -2.54. The molecular formula is C11H22N4O3. The summed E-state index contributed by atoms with van der Waals surface area (Å²) in [6.45, 7) is 5.03. The number of carbonyl (C=O) groups is 3. The predicted octanol–water partition coefficient (Wildman–Crippen LogP) is -1.53. The van der Waals surface area contributed by atoms with Gasteiger partial charge in [0.25, 0.3) is 0 Å². The minimum atomic E-state index is -0.757. The van der Waals surface area contributed by atoms with Crippen LogP contribution in [0.4, 0.5) is 0 Å². The van der Waals surface area contributed by atoms with Crippen molar-refractivity contribution >= 4 is 17.7 Å². The van der Waals surface area contributed by atoms with Gasteiger partial charge in [0, 0.05) is 0 Å². The van der Waals surface area contributed by atoms with Crippen molar-refractivity contribution in [3.63, 3.8) is 0 Å². The maximum absolute atomic E-state index is 11.8. The van der Waals surface area contributed by atoms with Crippen molar-refractivity contribution in [1.29, 1.82) is 0 Å². The quantitative estimate of drug-likeness (QED) is 0.441. The zero-order valence-corrected chi connectivity index (χ0v) is 11.0. The molecule has 0 saturated carbocycles. The average molecular weight is 258 g/mol. The topological polar surface area (TPSA) is 127 Å². The molecule has 0 saturated heterocycles. The summed E-state index contributed by atoms with van der Waals surface area (Å²) in [5, 5.41) is 4.93. The number of hydrogen-bond acceptors (Lipinski definition) is 4.